The van der Waals surface area contributed by atoms with Crippen LogP contribution in [0.15, 0.2) is 88.5 Å². The molecule has 1 N–H and O–H groups in total. The predicted molar refractivity (Wildman–Crippen MR) is 127 cm³/mol. The van der Waals surface area contributed by atoms with Gasteiger partial charge in [-0.25, -0.2) is 9.18 Å². The molecule has 1 heterocycles. The van der Waals surface area contributed by atoms with Crippen molar-refractivity contribution in [2.75, 3.05) is 0 Å². The summed E-state index contributed by atoms with van der Waals surface area (Å²) in [6, 6.07) is 20.5. The SMILES string of the molecule is C[C@H](NC(=O)c1nn(-c2ccc(Cl)cc2)c(=O)n(Cc2ccc(F)cc2)c1=O)c1ccccc1. The smallest absolute Gasteiger partial charge is 0.344 e. The second kappa shape index (κ2) is 9.84. The number of hydrogen-bond donors (Lipinski definition) is 1. The Morgan fingerprint density at radius 1 is 1.00 bits per heavy atom. The van der Waals surface area contributed by atoms with Gasteiger partial charge in [-0.05, 0) is 54.4 Å². The minimum atomic E-state index is -0.850. The summed E-state index contributed by atoms with van der Waals surface area (Å²) in [7, 11) is 0. The van der Waals surface area contributed by atoms with E-state index in [0.29, 0.717) is 16.3 Å². The van der Waals surface area contributed by atoms with Crippen LogP contribution in [0.2, 0.25) is 5.02 Å². The number of hydrogen-bond acceptors (Lipinski definition) is 4. The summed E-state index contributed by atoms with van der Waals surface area (Å²) in [6.07, 6.45) is 0. The Hall–Kier alpha value is -4.04. The molecule has 1 amide bonds. The molecule has 34 heavy (non-hydrogen) atoms. The predicted octanol–water partition coefficient (Wildman–Crippen LogP) is 3.73. The number of benzene rings is 3. The third kappa shape index (κ3) is 4.97. The van der Waals surface area contributed by atoms with Crippen LogP contribution in [-0.2, 0) is 6.54 Å². The van der Waals surface area contributed by atoms with Crippen molar-refractivity contribution in [3.8, 4) is 5.69 Å². The van der Waals surface area contributed by atoms with E-state index < -0.39 is 34.7 Å². The molecule has 1 atom stereocenters. The lowest BCUT2D eigenvalue weighted by Crippen LogP contribution is -2.46. The Kier molecular flexibility index (Phi) is 6.70. The molecule has 9 heteroatoms. The first-order chi connectivity index (χ1) is 16.3. The quantitative estimate of drug-likeness (QED) is 0.457. The fraction of sp³-hybridized carbons (Fsp3) is 0.120. The average molecular weight is 479 g/mol. The van der Waals surface area contributed by atoms with Gasteiger partial charge in [-0.15, -0.1) is 0 Å². The Bertz CT molecular complexity index is 1430. The molecule has 7 nitrogen and oxygen atoms in total. The van der Waals surface area contributed by atoms with E-state index in [1.165, 1.54) is 24.3 Å². The molecule has 1 aromatic heterocycles. The molecule has 0 aliphatic carbocycles. The summed E-state index contributed by atoms with van der Waals surface area (Å²) in [5.41, 5.74) is -0.361. The van der Waals surface area contributed by atoms with Crippen molar-refractivity contribution in [3.05, 3.63) is 127 Å². The Morgan fingerprint density at radius 2 is 1.65 bits per heavy atom. The molecule has 172 valence electrons. The van der Waals surface area contributed by atoms with Crippen LogP contribution < -0.4 is 16.6 Å². The topological polar surface area (TPSA) is 86.0 Å². The average Bonchev–Trinajstić information content (AvgIpc) is 2.84. The molecule has 0 radical (unpaired) electrons. The highest BCUT2D eigenvalue weighted by Gasteiger charge is 2.22. The van der Waals surface area contributed by atoms with Crippen LogP contribution in [0.4, 0.5) is 4.39 Å². The van der Waals surface area contributed by atoms with Gasteiger partial charge in [0, 0.05) is 5.02 Å². The normalized spacial score (nSPS) is 11.7. The number of rotatable bonds is 6. The van der Waals surface area contributed by atoms with Crippen LogP contribution in [0.5, 0.6) is 0 Å². The van der Waals surface area contributed by atoms with E-state index >= 15 is 0 Å². The number of nitrogens with zero attached hydrogens (tertiary/aromatic N) is 3. The van der Waals surface area contributed by atoms with E-state index in [4.69, 9.17) is 11.6 Å². The first kappa shape index (κ1) is 23.1. The summed E-state index contributed by atoms with van der Waals surface area (Å²) >= 11 is 5.95. The molecule has 0 aliphatic heterocycles. The lowest BCUT2D eigenvalue weighted by molar-refractivity contribution is 0.0930. The van der Waals surface area contributed by atoms with Crippen LogP contribution in [0, 0.1) is 5.82 Å². The number of nitrogens with one attached hydrogen (secondary N) is 1. The number of halogens is 2. The maximum atomic E-state index is 13.3. The molecule has 4 aromatic rings. The van der Waals surface area contributed by atoms with E-state index in [-0.39, 0.29) is 6.54 Å². The zero-order valence-corrected chi connectivity index (χ0v) is 18.9. The van der Waals surface area contributed by atoms with Gasteiger partial charge in [0.2, 0.25) is 5.69 Å². The highest BCUT2D eigenvalue weighted by molar-refractivity contribution is 6.30. The van der Waals surface area contributed by atoms with Gasteiger partial charge in [0.15, 0.2) is 0 Å². The van der Waals surface area contributed by atoms with E-state index in [1.807, 2.05) is 30.3 Å². The first-order valence-corrected chi connectivity index (χ1v) is 10.8. The van der Waals surface area contributed by atoms with Crippen molar-refractivity contribution < 1.29 is 9.18 Å². The number of carbonyl (C=O) groups excluding carboxylic acids is 1. The van der Waals surface area contributed by atoms with Gasteiger partial charge in [0.25, 0.3) is 11.5 Å². The lowest BCUT2D eigenvalue weighted by atomic mass is 10.1. The number of aromatic nitrogens is 3. The van der Waals surface area contributed by atoms with Crippen molar-refractivity contribution >= 4 is 17.5 Å². The van der Waals surface area contributed by atoms with Gasteiger partial charge >= 0.3 is 5.69 Å². The molecular formula is C25H20ClFN4O3. The minimum absolute atomic E-state index is 0.164. The molecule has 0 saturated carbocycles. The third-order valence-corrected chi connectivity index (χ3v) is 5.50. The summed E-state index contributed by atoms with van der Waals surface area (Å²) in [5.74, 6) is -1.17. The first-order valence-electron chi connectivity index (χ1n) is 10.4. The van der Waals surface area contributed by atoms with E-state index in [1.54, 1.807) is 31.2 Å². The summed E-state index contributed by atoms with van der Waals surface area (Å²) in [4.78, 5) is 39.5. The van der Waals surface area contributed by atoms with Crippen LogP contribution >= 0.6 is 11.6 Å². The third-order valence-electron chi connectivity index (χ3n) is 5.25. The van der Waals surface area contributed by atoms with Crippen LogP contribution in [0.25, 0.3) is 5.69 Å². The van der Waals surface area contributed by atoms with Gasteiger partial charge in [0.05, 0.1) is 18.3 Å². The largest absolute Gasteiger partial charge is 0.352 e. The molecule has 0 unspecified atom stereocenters. The van der Waals surface area contributed by atoms with Crippen LogP contribution in [-0.4, -0.2) is 20.3 Å². The molecule has 0 saturated heterocycles. The Morgan fingerprint density at radius 3 is 2.29 bits per heavy atom. The van der Waals surface area contributed by atoms with Crippen molar-refractivity contribution in [1.29, 1.82) is 0 Å². The highest BCUT2D eigenvalue weighted by atomic mass is 35.5. The molecule has 0 spiro atoms. The maximum absolute atomic E-state index is 13.3. The Labute approximate surface area is 199 Å². The fourth-order valence-electron chi connectivity index (χ4n) is 3.41. The van der Waals surface area contributed by atoms with Crippen LogP contribution in [0.3, 0.4) is 0 Å². The monoisotopic (exact) mass is 478 g/mol. The lowest BCUT2D eigenvalue weighted by Gasteiger charge is -2.16. The molecule has 3 aromatic carbocycles. The zero-order valence-electron chi connectivity index (χ0n) is 18.1. The second-order valence-electron chi connectivity index (χ2n) is 7.64. The standard InChI is InChI=1S/C25H20ClFN4O3/c1-16(18-5-3-2-4-6-18)28-23(32)22-24(33)30(15-17-7-11-20(27)12-8-17)25(34)31(29-22)21-13-9-19(26)10-14-21/h2-14,16H,15H2,1H3,(H,28,32)/t16-/m0/s1. The summed E-state index contributed by atoms with van der Waals surface area (Å²) < 4.78 is 15.2. The molecule has 0 fully saturated rings. The van der Waals surface area contributed by atoms with Gasteiger partial charge in [-0.2, -0.15) is 9.78 Å². The highest BCUT2D eigenvalue weighted by Crippen LogP contribution is 2.13. The van der Waals surface area contributed by atoms with Gasteiger partial charge < -0.3 is 5.32 Å². The van der Waals surface area contributed by atoms with E-state index in [2.05, 4.69) is 10.4 Å². The number of carbonyl (C=O) groups is 1. The minimum Gasteiger partial charge on any atom is -0.344 e. The maximum Gasteiger partial charge on any atom is 0.352 e. The summed E-state index contributed by atoms with van der Waals surface area (Å²) in [5, 5.41) is 7.30. The van der Waals surface area contributed by atoms with E-state index in [0.717, 1.165) is 14.8 Å². The van der Waals surface area contributed by atoms with Crippen molar-refractivity contribution in [1.82, 2.24) is 19.7 Å². The molecule has 0 aliphatic rings. The summed E-state index contributed by atoms with van der Waals surface area (Å²) in [6.45, 7) is 1.61. The molecular weight excluding hydrogens is 459 g/mol. The second-order valence-corrected chi connectivity index (χ2v) is 8.08. The molecule has 4 rings (SSSR count). The van der Waals surface area contributed by atoms with Crippen LogP contribution in [0.1, 0.15) is 34.6 Å². The number of amides is 1. The van der Waals surface area contributed by atoms with Crippen molar-refractivity contribution in [3.63, 3.8) is 0 Å². The van der Waals surface area contributed by atoms with Gasteiger partial charge in [-0.3, -0.25) is 14.2 Å². The van der Waals surface area contributed by atoms with E-state index in [9.17, 15) is 18.8 Å². The van der Waals surface area contributed by atoms with Gasteiger partial charge in [0.1, 0.15) is 5.82 Å². The van der Waals surface area contributed by atoms with Crippen molar-refractivity contribution in [2.24, 2.45) is 0 Å². The zero-order chi connectivity index (χ0) is 24.2. The Balaban J connectivity index is 1.80. The van der Waals surface area contributed by atoms with Crippen molar-refractivity contribution in [2.45, 2.75) is 19.5 Å². The fourth-order valence-corrected chi connectivity index (χ4v) is 3.54. The van der Waals surface area contributed by atoms with Gasteiger partial charge in [-0.1, -0.05) is 54.1 Å². The molecule has 0 bridgehead atoms.